The fourth-order valence-electron chi connectivity index (χ4n) is 3.99. The van der Waals surface area contributed by atoms with Gasteiger partial charge < -0.3 is 0 Å². The molecule has 0 aromatic heterocycles. The van der Waals surface area contributed by atoms with E-state index in [9.17, 15) is 0 Å². The second kappa shape index (κ2) is 5.36. The summed E-state index contributed by atoms with van der Waals surface area (Å²) >= 11 is 3.84. The van der Waals surface area contributed by atoms with Crippen LogP contribution in [0, 0.1) is 11.8 Å². The van der Waals surface area contributed by atoms with Gasteiger partial charge in [-0.1, -0.05) is 47.1 Å². The second-order valence-electron chi connectivity index (χ2n) is 6.24. The largest absolute Gasteiger partial charge is 0.0888 e. The quantitative estimate of drug-likeness (QED) is 0.650. The van der Waals surface area contributed by atoms with E-state index < -0.39 is 0 Å². The van der Waals surface area contributed by atoms with Crippen LogP contribution in [0.1, 0.15) is 56.1 Å². The van der Waals surface area contributed by atoms with Gasteiger partial charge in [0.1, 0.15) is 0 Å². The van der Waals surface area contributed by atoms with Gasteiger partial charge >= 0.3 is 0 Å². The second-order valence-corrected chi connectivity index (χ2v) is 7.41. The number of benzene rings is 1. The van der Waals surface area contributed by atoms with E-state index in [1.165, 1.54) is 38.5 Å². The molecule has 0 N–H and O–H groups in total. The molecule has 1 saturated carbocycles. The van der Waals surface area contributed by atoms with Crippen molar-refractivity contribution in [1.29, 1.82) is 0 Å². The number of fused-ring (bicyclic) bond motifs is 1. The van der Waals surface area contributed by atoms with Crippen LogP contribution in [0.4, 0.5) is 0 Å². The zero-order valence-corrected chi connectivity index (χ0v) is 12.8. The van der Waals surface area contributed by atoms with Gasteiger partial charge in [0.05, 0.1) is 0 Å². The van der Waals surface area contributed by atoms with E-state index in [4.69, 9.17) is 0 Å². The van der Waals surface area contributed by atoms with Crippen molar-refractivity contribution in [1.82, 2.24) is 0 Å². The fraction of sp³-hybridized carbons (Fsp3) is 0.647. The molecule has 4 unspecified atom stereocenters. The molecule has 2 aliphatic rings. The van der Waals surface area contributed by atoms with E-state index in [0.717, 1.165) is 22.6 Å². The number of alkyl halides is 1. The van der Waals surface area contributed by atoms with Crippen molar-refractivity contribution in [2.75, 3.05) is 0 Å². The zero-order valence-electron chi connectivity index (χ0n) is 11.2. The Kier molecular flexibility index (Phi) is 3.79. The van der Waals surface area contributed by atoms with Crippen molar-refractivity contribution in [2.24, 2.45) is 11.8 Å². The lowest BCUT2D eigenvalue weighted by Gasteiger charge is -2.29. The molecule has 0 heterocycles. The molecule has 3 rings (SSSR count). The summed E-state index contributed by atoms with van der Waals surface area (Å²) < 4.78 is 0. The van der Waals surface area contributed by atoms with Crippen LogP contribution >= 0.6 is 15.9 Å². The molecule has 0 spiro atoms. The molecule has 2 aliphatic carbocycles. The van der Waals surface area contributed by atoms with E-state index in [1.807, 2.05) is 0 Å². The normalized spacial score (nSPS) is 35.4. The minimum absolute atomic E-state index is 0.765. The average molecular weight is 307 g/mol. The smallest absolute Gasteiger partial charge is 0.0174 e. The Balaban J connectivity index is 1.75. The monoisotopic (exact) mass is 306 g/mol. The predicted octanol–water partition coefficient (Wildman–Crippen LogP) is 5.31. The molecular formula is C17H23Br. The molecular weight excluding hydrogens is 284 g/mol. The number of hydrogen-bond acceptors (Lipinski definition) is 0. The van der Waals surface area contributed by atoms with Gasteiger partial charge in [-0.2, -0.15) is 0 Å². The van der Waals surface area contributed by atoms with Crippen molar-refractivity contribution < 1.29 is 0 Å². The molecule has 18 heavy (non-hydrogen) atoms. The average Bonchev–Trinajstić information content (AvgIpc) is 2.71. The Labute approximate surface area is 119 Å². The van der Waals surface area contributed by atoms with E-state index in [0.29, 0.717) is 0 Å². The summed E-state index contributed by atoms with van der Waals surface area (Å²) in [7, 11) is 0. The van der Waals surface area contributed by atoms with Crippen LogP contribution in [0.3, 0.4) is 0 Å². The number of aryl methyl sites for hydroxylation is 1. The Morgan fingerprint density at radius 3 is 2.78 bits per heavy atom. The minimum Gasteiger partial charge on any atom is -0.0888 e. The van der Waals surface area contributed by atoms with Gasteiger partial charge in [0.2, 0.25) is 0 Å². The highest BCUT2D eigenvalue weighted by molar-refractivity contribution is 9.09. The third kappa shape index (κ3) is 2.39. The first-order valence-electron chi connectivity index (χ1n) is 7.47. The topological polar surface area (TPSA) is 0 Å². The summed E-state index contributed by atoms with van der Waals surface area (Å²) in [6.07, 6.45) is 8.32. The zero-order chi connectivity index (χ0) is 12.5. The summed E-state index contributed by atoms with van der Waals surface area (Å²) in [5, 5.41) is 0. The lowest BCUT2D eigenvalue weighted by Crippen LogP contribution is -2.17. The molecule has 0 aliphatic heterocycles. The lowest BCUT2D eigenvalue weighted by molar-refractivity contribution is 0.346. The van der Waals surface area contributed by atoms with Crippen LogP contribution < -0.4 is 0 Å². The molecule has 0 radical (unpaired) electrons. The van der Waals surface area contributed by atoms with Crippen LogP contribution in [0.25, 0.3) is 0 Å². The molecule has 1 aromatic rings. The van der Waals surface area contributed by atoms with Gasteiger partial charge in [0, 0.05) is 4.83 Å². The number of rotatable bonds is 2. The lowest BCUT2D eigenvalue weighted by atomic mass is 9.76. The molecule has 0 nitrogen and oxygen atoms in total. The van der Waals surface area contributed by atoms with Gasteiger partial charge in [-0.05, 0) is 67.4 Å². The molecule has 1 aromatic carbocycles. The Hall–Kier alpha value is -0.300. The van der Waals surface area contributed by atoms with Gasteiger partial charge in [-0.25, -0.2) is 0 Å². The van der Waals surface area contributed by atoms with Crippen LogP contribution in [0.15, 0.2) is 24.3 Å². The highest BCUT2D eigenvalue weighted by Gasteiger charge is 2.33. The molecule has 1 fully saturated rings. The molecule has 0 saturated heterocycles. The maximum absolute atomic E-state index is 3.84. The van der Waals surface area contributed by atoms with Crippen molar-refractivity contribution in [3.63, 3.8) is 0 Å². The van der Waals surface area contributed by atoms with Crippen LogP contribution in [-0.2, 0) is 6.42 Å². The molecule has 0 amide bonds. The third-order valence-electron chi connectivity index (χ3n) is 5.21. The third-order valence-corrected chi connectivity index (χ3v) is 6.50. The number of hydrogen-bond donors (Lipinski definition) is 0. The summed E-state index contributed by atoms with van der Waals surface area (Å²) in [6.45, 7) is 2.44. The Morgan fingerprint density at radius 2 is 2.00 bits per heavy atom. The standard InChI is InChI=1S/C17H23Br/c1-12-14(9-10-17(12)18)11-15-7-4-6-13-5-2-3-8-16(13)15/h2-3,5,8,12,14-15,17H,4,6-7,9-11H2,1H3. The van der Waals surface area contributed by atoms with Crippen LogP contribution in [-0.4, -0.2) is 4.83 Å². The first-order chi connectivity index (χ1) is 8.75. The summed E-state index contributed by atoms with van der Waals surface area (Å²) in [5.74, 6) is 2.63. The van der Waals surface area contributed by atoms with Crippen molar-refractivity contribution >= 4 is 15.9 Å². The highest BCUT2D eigenvalue weighted by Crippen LogP contribution is 2.44. The van der Waals surface area contributed by atoms with Crippen molar-refractivity contribution in [2.45, 2.75) is 56.2 Å². The molecule has 4 atom stereocenters. The molecule has 1 heteroatoms. The highest BCUT2D eigenvalue weighted by atomic mass is 79.9. The van der Waals surface area contributed by atoms with E-state index >= 15 is 0 Å². The first-order valence-corrected chi connectivity index (χ1v) is 8.39. The maximum atomic E-state index is 3.84. The summed E-state index contributed by atoms with van der Waals surface area (Å²) in [4.78, 5) is 0.765. The Morgan fingerprint density at radius 1 is 1.17 bits per heavy atom. The fourth-order valence-corrected chi connectivity index (χ4v) is 4.69. The Bertz CT molecular complexity index is 412. The van der Waals surface area contributed by atoms with E-state index in [1.54, 1.807) is 11.1 Å². The first kappa shape index (κ1) is 12.7. The predicted molar refractivity (Wildman–Crippen MR) is 81.3 cm³/mol. The summed E-state index contributed by atoms with van der Waals surface area (Å²) in [6, 6.07) is 9.15. The van der Waals surface area contributed by atoms with Gasteiger partial charge in [0.25, 0.3) is 0 Å². The van der Waals surface area contributed by atoms with Gasteiger partial charge in [-0.3, -0.25) is 0 Å². The number of halogens is 1. The van der Waals surface area contributed by atoms with Crippen LogP contribution in [0.2, 0.25) is 0 Å². The van der Waals surface area contributed by atoms with Gasteiger partial charge in [-0.15, -0.1) is 0 Å². The minimum atomic E-state index is 0.765. The molecule has 0 bridgehead atoms. The van der Waals surface area contributed by atoms with Crippen molar-refractivity contribution in [3.05, 3.63) is 35.4 Å². The molecule has 98 valence electrons. The van der Waals surface area contributed by atoms with Gasteiger partial charge in [0.15, 0.2) is 0 Å². The van der Waals surface area contributed by atoms with E-state index in [-0.39, 0.29) is 0 Å². The maximum Gasteiger partial charge on any atom is 0.0174 e. The van der Waals surface area contributed by atoms with Crippen LogP contribution in [0.5, 0.6) is 0 Å². The van der Waals surface area contributed by atoms with E-state index in [2.05, 4.69) is 47.1 Å². The van der Waals surface area contributed by atoms with Crippen molar-refractivity contribution in [3.8, 4) is 0 Å². The SMILES string of the molecule is CC1C(Br)CCC1CC1CCCc2ccccc21. The summed E-state index contributed by atoms with van der Waals surface area (Å²) in [5.41, 5.74) is 3.28.